The van der Waals surface area contributed by atoms with Gasteiger partial charge in [-0.05, 0) is 24.3 Å². The van der Waals surface area contributed by atoms with Gasteiger partial charge in [0.05, 0.1) is 17.0 Å². The highest BCUT2D eigenvalue weighted by Gasteiger charge is 2.31. The summed E-state index contributed by atoms with van der Waals surface area (Å²) in [7, 11) is 0. The lowest BCUT2D eigenvalue weighted by Crippen LogP contribution is -2.19. The predicted octanol–water partition coefficient (Wildman–Crippen LogP) is 3.93. The Morgan fingerprint density at radius 1 is 1.29 bits per heavy atom. The largest absolute Gasteiger partial charge is 0.411 e. The van der Waals surface area contributed by atoms with Gasteiger partial charge in [-0.3, -0.25) is 0 Å². The molecule has 0 fully saturated rings. The van der Waals surface area contributed by atoms with Crippen molar-refractivity contribution in [3.63, 3.8) is 0 Å². The molecule has 0 amide bonds. The molecule has 0 aliphatic heterocycles. The first kappa shape index (κ1) is 13.9. The zero-order valence-corrected chi connectivity index (χ0v) is 12.2. The second-order valence-electron chi connectivity index (χ2n) is 5.59. The van der Waals surface area contributed by atoms with Crippen molar-refractivity contribution in [3.8, 4) is 0 Å². The van der Waals surface area contributed by atoms with E-state index in [0.29, 0.717) is 5.71 Å². The van der Waals surface area contributed by atoms with Crippen LogP contribution in [0.3, 0.4) is 0 Å². The van der Waals surface area contributed by atoms with Crippen LogP contribution in [-0.4, -0.2) is 16.1 Å². The minimum absolute atomic E-state index is 0.288. The number of fused-ring (bicyclic) bond motifs is 1. The maximum atomic E-state index is 9.39. The van der Waals surface area contributed by atoms with Crippen molar-refractivity contribution in [2.45, 2.75) is 44.9 Å². The normalized spacial score (nSPS) is 19.7. The zero-order chi connectivity index (χ0) is 14.7. The van der Waals surface area contributed by atoms with Crippen molar-refractivity contribution in [3.05, 3.63) is 52.9 Å². The monoisotopic (exact) mass is 284 g/mol. The number of nitrogens with zero attached hydrogens (tertiary/aromatic N) is 2. The Morgan fingerprint density at radius 3 is 2.81 bits per heavy atom. The molecule has 1 atom stereocenters. The molecule has 0 saturated carbocycles. The van der Waals surface area contributed by atoms with Gasteiger partial charge in [0.25, 0.3) is 0 Å². The molecule has 1 aromatic heterocycles. The van der Waals surface area contributed by atoms with Gasteiger partial charge in [-0.1, -0.05) is 54.0 Å². The molecule has 21 heavy (non-hydrogen) atoms. The molecule has 3 rings (SSSR count). The van der Waals surface area contributed by atoms with Crippen LogP contribution in [0.5, 0.6) is 0 Å². The van der Waals surface area contributed by atoms with E-state index in [1.807, 2.05) is 18.2 Å². The topological polar surface area (TPSA) is 58.6 Å². The van der Waals surface area contributed by atoms with Crippen molar-refractivity contribution >= 4 is 5.71 Å². The summed E-state index contributed by atoms with van der Waals surface area (Å²) in [6.45, 7) is 2.15. The fourth-order valence-corrected chi connectivity index (χ4v) is 3.03. The van der Waals surface area contributed by atoms with Crippen LogP contribution in [0.25, 0.3) is 0 Å². The Balaban J connectivity index is 1.91. The molecule has 1 aliphatic carbocycles. The summed E-state index contributed by atoms with van der Waals surface area (Å²) >= 11 is 0. The number of hydrogen-bond donors (Lipinski definition) is 1. The SMILES string of the molecule is CCCCc1noc2c1/C(=N/O)CC(c1ccccc1)C2. The van der Waals surface area contributed by atoms with Crippen LogP contribution in [0.2, 0.25) is 0 Å². The Labute approximate surface area is 124 Å². The van der Waals surface area contributed by atoms with Crippen molar-refractivity contribution in [2.24, 2.45) is 5.16 Å². The number of aromatic nitrogens is 1. The third kappa shape index (κ3) is 2.71. The molecule has 0 radical (unpaired) electrons. The Bertz CT molecular complexity index is 631. The molecule has 4 nitrogen and oxygen atoms in total. The highest BCUT2D eigenvalue weighted by molar-refractivity contribution is 6.03. The number of hydrogen-bond acceptors (Lipinski definition) is 4. The molecule has 4 heteroatoms. The smallest absolute Gasteiger partial charge is 0.146 e. The summed E-state index contributed by atoms with van der Waals surface area (Å²) in [6, 6.07) is 10.3. The zero-order valence-electron chi connectivity index (χ0n) is 12.2. The summed E-state index contributed by atoms with van der Waals surface area (Å²) < 4.78 is 5.53. The summed E-state index contributed by atoms with van der Waals surface area (Å²) in [6.07, 6.45) is 4.61. The molecule has 110 valence electrons. The second kappa shape index (κ2) is 6.12. The number of rotatable bonds is 4. The quantitative estimate of drug-likeness (QED) is 0.683. The van der Waals surface area contributed by atoms with Crippen LogP contribution in [0.15, 0.2) is 40.0 Å². The fourth-order valence-electron chi connectivity index (χ4n) is 3.03. The third-order valence-corrected chi connectivity index (χ3v) is 4.15. The standard InChI is InChI=1S/C17H20N2O2/c1-2-3-9-14-17-15(18-20)10-13(11-16(17)21-19-14)12-7-5-4-6-8-12/h4-8,13,20H,2-3,9-11H2,1H3/b18-15+. The molecule has 1 aromatic carbocycles. The van der Waals surface area contributed by atoms with Gasteiger partial charge in [-0.25, -0.2) is 0 Å². The van der Waals surface area contributed by atoms with Gasteiger partial charge in [-0.15, -0.1) is 0 Å². The molecule has 0 bridgehead atoms. The number of oxime groups is 1. The average Bonchev–Trinajstić information content (AvgIpc) is 2.96. The van der Waals surface area contributed by atoms with E-state index >= 15 is 0 Å². The van der Waals surface area contributed by atoms with Gasteiger partial charge in [0.2, 0.25) is 0 Å². The maximum Gasteiger partial charge on any atom is 0.146 e. The van der Waals surface area contributed by atoms with Crippen molar-refractivity contribution < 1.29 is 9.73 Å². The molecule has 1 heterocycles. The van der Waals surface area contributed by atoms with Crippen LogP contribution in [0.1, 0.15) is 54.7 Å². The summed E-state index contributed by atoms with van der Waals surface area (Å²) in [5.74, 6) is 1.14. The number of aryl methyl sites for hydroxylation is 1. The van der Waals surface area contributed by atoms with E-state index in [4.69, 9.17) is 4.52 Å². The molecule has 1 unspecified atom stereocenters. The number of benzene rings is 1. The number of unbranched alkanes of at least 4 members (excludes halogenated alkanes) is 1. The van der Waals surface area contributed by atoms with E-state index in [1.54, 1.807) is 0 Å². The fraction of sp³-hybridized carbons (Fsp3) is 0.412. The molecular weight excluding hydrogens is 264 g/mol. The Kier molecular flexibility index (Phi) is 4.04. The minimum Gasteiger partial charge on any atom is -0.411 e. The van der Waals surface area contributed by atoms with E-state index in [0.717, 1.165) is 49.1 Å². The predicted molar refractivity (Wildman–Crippen MR) is 80.9 cm³/mol. The summed E-state index contributed by atoms with van der Waals surface area (Å²) in [4.78, 5) is 0. The summed E-state index contributed by atoms with van der Waals surface area (Å²) in [5.41, 5.74) is 3.83. The van der Waals surface area contributed by atoms with E-state index in [1.165, 1.54) is 5.56 Å². The lowest BCUT2D eigenvalue weighted by Gasteiger charge is -2.22. The highest BCUT2D eigenvalue weighted by atomic mass is 16.5. The lowest BCUT2D eigenvalue weighted by molar-refractivity contribution is 0.315. The van der Waals surface area contributed by atoms with E-state index in [-0.39, 0.29) is 5.92 Å². The van der Waals surface area contributed by atoms with Gasteiger partial charge < -0.3 is 9.73 Å². The Hall–Kier alpha value is -2.10. The highest BCUT2D eigenvalue weighted by Crippen LogP contribution is 2.34. The summed E-state index contributed by atoms with van der Waals surface area (Å²) in [5, 5.41) is 17.1. The molecule has 2 aromatic rings. The first-order valence-corrected chi connectivity index (χ1v) is 7.57. The van der Waals surface area contributed by atoms with Gasteiger partial charge >= 0.3 is 0 Å². The van der Waals surface area contributed by atoms with Crippen molar-refractivity contribution in [1.29, 1.82) is 0 Å². The average molecular weight is 284 g/mol. The Morgan fingerprint density at radius 2 is 2.10 bits per heavy atom. The van der Waals surface area contributed by atoms with Gasteiger partial charge in [0.1, 0.15) is 5.76 Å². The van der Waals surface area contributed by atoms with E-state index in [2.05, 4.69) is 29.4 Å². The van der Waals surface area contributed by atoms with Crippen LogP contribution in [0.4, 0.5) is 0 Å². The van der Waals surface area contributed by atoms with Crippen LogP contribution < -0.4 is 0 Å². The van der Waals surface area contributed by atoms with Crippen molar-refractivity contribution in [1.82, 2.24) is 5.16 Å². The molecule has 1 aliphatic rings. The van der Waals surface area contributed by atoms with E-state index < -0.39 is 0 Å². The lowest BCUT2D eigenvalue weighted by atomic mass is 9.81. The van der Waals surface area contributed by atoms with Crippen molar-refractivity contribution in [2.75, 3.05) is 0 Å². The molecule has 1 N–H and O–H groups in total. The van der Waals surface area contributed by atoms with Gasteiger partial charge in [0, 0.05) is 12.8 Å². The first-order chi connectivity index (χ1) is 10.3. The molecule has 0 spiro atoms. The molecule has 0 saturated heterocycles. The minimum atomic E-state index is 0.288. The second-order valence-corrected chi connectivity index (χ2v) is 5.59. The molecular formula is C17H20N2O2. The maximum absolute atomic E-state index is 9.39. The van der Waals surface area contributed by atoms with E-state index in [9.17, 15) is 5.21 Å². The van der Waals surface area contributed by atoms with Crippen LogP contribution >= 0.6 is 0 Å². The van der Waals surface area contributed by atoms with Crippen LogP contribution in [-0.2, 0) is 12.8 Å². The third-order valence-electron chi connectivity index (χ3n) is 4.15. The van der Waals surface area contributed by atoms with Crippen LogP contribution in [0, 0.1) is 0 Å². The van der Waals surface area contributed by atoms with Gasteiger partial charge in [0.15, 0.2) is 0 Å². The van der Waals surface area contributed by atoms with Gasteiger partial charge in [-0.2, -0.15) is 0 Å². The first-order valence-electron chi connectivity index (χ1n) is 7.57.